The molecule has 0 amide bonds. The molecule has 0 bridgehead atoms. The van der Waals surface area contributed by atoms with Gasteiger partial charge in [0, 0.05) is 0 Å². The summed E-state index contributed by atoms with van der Waals surface area (Å²) < 4.78 is 0. The van der Waals surface area contributed by atoms with Crippen LogP contribution in [0.4, 0.5) is 0 Å². The molecule has 0 aromatic heterocycles. The fourth-order valence-electron chi connectivity index (χ4n) is 1.69. The third kappa shape index (κ3) is 13.2. The summed E-state index contributed by atoms with van der Waals surface area (Å²) in [5, 5.41) is 0. The minimum Gasteiger partial charge on any atom is -0.103 e. The largest absolute Gasteiger partial charge is 0.103 e. The van der Waals surface area contributed by atoms with Crippen molar-refractivity contribution in [1.82, 2.24) is 0 Å². The Morgan fingerprint density at radius 1 is 0.750 bits per heavy atom. The maximum absolute atomic E-state index is 3.74. The van der Waals surface area contributed by atoms with Crippen LogP contribution >= 0.6 is 0 Å². The summed E-state index contributed by atoms with van der Waals surface area (Å²) in [5.41, 5.74) is 0. The molecule has 0 saturated heterocycles. The zero-order valence-electron chi connectivity index (χ0n) is 11.0. The molecule has 0 aromatic rings. The molecule has 16 heavy (non-hydrogen) atoms. The van der Waals surface area contributed by atoms with Gasteiger partial charge in [-0.1, -0.05) is 56.1 Å². The second kappa shape index (κ2) is 14.2. The molecule has 0 nitrogen and oxygen atoms in total. The molecule has 0 saturated carbocycles. The number of hydrogen-bond donors (Lipinski definition) is 0. The maximum Gasteiger partial charge on any atom is -0.0169 e. The highest BCUT2D eigenvalue weighted by Gasteiger charge is 1.89. The van der Waals surface area contributed by atoms with E-state index in [-0.39, 0.29) is 0 Å². The molecule has 0 aromatic carbocycles. The highest BCUT2D eigenvalue weighted by atomic mass is 14.0. The van der Waals surface area contributed by atoms with E-state index in [0.717, 1.165) is 6.42 Å². The van der Waals surface area contributed by atoms with Gasteiger partial charge in [-0.3, -0.25) is 0 Å². The second-order valence-electron chi connectivity index (χ2n) is 4.26. The monoisotopic (exact) mass is 220 g/mol. The SMILES string of the molecule is C=CCCCCCCCCC=CCC=CC. The molecule has 92 valence electrons. The van der Waals surface area contributed by atoms with Gasteiger partial charge in [0.25, 0.3) is 0 Å². The van der Waals surface area contributed by atoms with Gasteiger partial charge < -0.3 is 0 Å². The van der Waals surface area contributed by atoms with Crippen molar-refractivity contribution in [2.45, 2.75) is 64.7 Å². The molecule has 0 aliphatic rings. The van der Waals surface area contributed by atoms with Crippen LogP contribution in [-0.2, 0) is 0 Å². The van der Waals surface area contributed by atoms with Crippen LogP contribution in [0.3, 0.4) is 0 Å². The summed E-state index contributed by atoms with van der Waals surface area (Å²) >= 11 is 0. The van der Waals surface area contributed by atoms with Gasteiger partial charge in [-0.2, -0.15) is 0 Å². The van der Waals surface area contributed by atoms with E-state index in [1.165, 1.54) is 51.4 Å². The number of unbranched alkanes of at least 4 members (excludes halogenated alkanes) is 7. The minimum atomic E-state index is 1.10. The first-order chi connectivity index (χ1) is 7.91. The van der Waals surface area contributed by atoms with Crippen molar-refractivity contribution in [2.24, 2.45) is 0 Å². The van der Waals surface area contributed by atoms with Crippen molar-refractivity contribution < 1.29 is 0 Å². The quantitative estimate of drug-likeness (QED) is 0.304. The molecule has 0 radical (unpaired) electrons. The highest BCUT2D eigenvalue weighted by Crippen LogP contribution is 2.09. The Labute approximate surface area is 102 Å². The van der Waals surface area contributed by atoms with Gasteiger partial charge in [-0.25, -0.2) is 0 Å². The molecule has 0 rings (SSSR count). The molecule has 0 fully saturated rings. The molecule has 0 spiro atoms. The average molecular weight is 220 g/mol. The second-order valence-corrected chi connectivity index (χ2v) is 4.26. The van der Waals surface area contributed by atoms with Crippen LogP contribution in [0.2, 0.25) is 0 Å². The van der Waals surface area contributed by atoms with Crippen LogP contribution in [0.15, 0.2) is 37.0 Å². The van der Waals surface area contributed by atoms with E-state index in [4.69, 9.17) is 0 Å². The van der Waals surface area contributed by atoms with Gasteiger partial charge in [-0.15, -0.1) is 6.58 Å². The maximum atomic E-state index is 3.74. The molecule has 0 unspecified atom stereocenters. The Balaban J connectivity index is 3.03. The molecular formula is C16H28. The van der Waals surface area contributed by atoms with Gasteiger partial charge in [0.1, 0.15) is 0 Å². The summed E-state index contributed by atoms with van der Waals surface area (Å²) in [6.07, 6.45) is 22.7. The lowest BCUT2D eigenvalue weighted by atomic mass is 10.1. The molecule has 0 heteroatoms. The van der Waals surface area contributed by atoms with E-state index in [9.17, 15) is 0 Å². The molecule has 0 atom stereocenters. The first kappa shape index (κ1) is 15.2. The average Bonchev–Trinajstić information content (AvgIpc) is 2.31. The summed E-state index contributed by atoms with van der Waals surface area (Å²) in [7, 11) is 0. The van der Waals surface area contributed by atoms with Gasteiger partial charge in [0.05, 0.1) is 0 Å². The van der Waals surface area contributed by atoms with Crippen LogP contribution in [0.1, 0.15) is 64.7 Å². The molecule has 0 N–H and O–H groups in total. The standard InChI is InChI=1S/C16H28/c1-3-5-7-9-11-13-15-16-14-12-10-8-6-4-2/h3-4,6,10,12H,1,5,7-9,11,13-16H2,2H3. The summed E-state index contributed by atoms with van der Waals surface area (Å²) in [4.78, 5) is 0. The molecule has 0 aliphatic carbocycles. The van der Waals surface area contributed by atoms with Crippen LogP contribution < -0.4 is 0 Å². The van der Waals surface area contributed by atoms with E-state index in [2.05, 4.69) is 37.8 Å². The molecule has 0 heterocycles. The smallest absolute Gasteiger partial charge is 0.0169 e. The van der Waals surface area contributed by atoms with E-state index in [0.29, 0.717) is 0 Å². The van der Waals surface area contributed by atoms with E-state index >= 15 is 0 Å². The number of rotatable bonds is 11. The Morgan fingerprint density at radius 2 is 1.38 bits per heavy atom. The van der Waals surface area contributed by atoms with Crippen LogP contribution in [0.5, 0.6) is 0 Å². The Morgan fingerprint density at radius 3 is 2.00 bits per heavy atom. The first-order valence-electron chi connectivity index (χ1n) is 6.79. The van der Waals surface area contributed by atoms with Crippen LogP contribution in [-0.4, -0.2) is 0 Å². The fraction of sp³-hybridized carbons (Fsp3) is 0.625. The van der Waals surface area contributed by atoms with Crippen molar-refractivity contribution in [2.75, 3.05) is 0 Å². The summed E-state index contributed by atoms with van der Waals surface area (Å²) in [6.45, 7) is 5.81. The highest BCUT2D eigenvalue weighted by molar-refractivity contribution is 4.91. The predicted molar refractivity (Wildman–Crippen MR) is 75.7 cm³/mol. The normalized spacial score (nSPS) is 11.6. The van der Waals surface area contributed by atoms with Crippen molar-refractivity contribution in [3.8, 4) is 0 Å². The van der Waals surface area contributed by atoms with Crippen LogP contribution in [0.25, 0.3) is 0 Å². The summed E-state index contributed by atoms with van der Waals surface area (Å²) in [5.74, 6) is 0. The third-order valence-corrected chi connectivity index (χ3v) is 2.70. The zero-order valence-corrected chi connectivity index (χ0v) is 11.0. The summed E-state index contributed by atoms with van der Waals surface area (Å²) in [6, 6.07) is 0. The van der Waals surface area contributed by atoms with E-state index in [1.807, 2.05) is 6.08 Å². The van der Waals surface area contributed by atoms with Crippen molar-refractivity contribution in [1.29, 1.82) is 0 Å². The predicted octanol–water partition coefficient (Wildman–Crippen LogP) is 5.82. The number of hydrogen-bond acceptors (Lipinski definition) is 0. The lowest BCUT2D eigenvalue weighted by Gasteiger charge is -1.98. The van der Waals surface area contributed by atoms with Crippen LogP contribution in [0, 0.1) is 0 Å². The van der Waals surface area contributed by atoms with Gasteiger partial charge in [0.2, 0.25) is 0 Å². The van der Waals surface area contributed by atoms with Gasteiger partial charge >= 0.3 is 0 Å². The zero-order chi connectivity index (χ0) is 11.9. The lowest BCUT2D eigenvalue weighted by Crippen LogP contribution is -1.79. The van der Waals surface area contributed by atoms with Crippen molar-refractivity contribution in [3.63, 3.8) is 0 Å². The van der Waals surface area contributed by atoms with Gasteiger partial charge in [0.15, 0.2) is 0 Å². The Bertz CT molecular complexity index is 186. The molecular weight excluding hydrogens is 192 g/mol. The van der Waals surface area contributed by atoms with E-state index < -0.39 is 0 Å². The van der Waals surface area contributed by atoms with Gasteiger partial charge in [-0.05, 0) is 39.0 Å². The third-order valence-electron chi connectivity index (χ3n) is 2.70. The van der Waals surface area contributed by atoms with Crippen molar-refractivity contribution >= 4 is 0 Å². The minimum absolute atomic E-state index is 1.10. The molecule has 0 aliphatic heterocycles. The topological polar surface area (TPSA) is 0 Å². The lowest BCUT2D eigenvalue weighted by molar-refractivity contribution is 0.600. The first-order valence-corrected chi connectivity index (χ1v) is 6.79. The Hall–Kier alpha value is -0.780. The van der Waals surface area contributed by atoms with Crippen molar-refractivity contribution in [3.05, 3.63) is 37.0 Å². The number of allylic oxidation sites excluding steroid dienone is 5. The Kier molecular flexibility index (Phi) is 13.5. The van der Waals surface area contributed by atoms with E-state index in [1.54, 1.807) is 0 Å². The fourth-order valence-corrected chi connectivity index (χ4v) is 1.69.